The Morgan fingerprint density at radius 2 is 1.76 bits per heavy atom. The summed E-state index contributed by atoms with van der Waals surface area (Å²) in [6.45, 7) is 0.494. The lowest BCUT2D eigenvalue weighted by Crippen LogP contribution is -2.05. The van der Waals surface area contributed by atoms with Crippen molar-refractivity contribution >= 4 is 0 Å². The number of aliphatic hydroxyl groups excluding tert-OH is 1. The first kappa shape index (κ1) is 11.6. The Balaban J connectivity index is 1.79. The molecule has 0 saturated heterocycles. The smallest absolute Gasteiger partial charge is 0.119 e. The fourth-order valence-corrected chi connectivity index (χ4v) is 1.56. The predicted octanol–water partition coefficient (Wildman–Crippen LogP) is 2.58. The number of aliphatic hydroxyl groups is 1. The second-order valence-electron chi connectivity index (χ2n) is 3.75. The number of rotatable bonds is 5. The van der Waals surface area contributed by atoms with E-state index in [0.29, 0.717) is 13.0 Å². The van der Waals surface area contributed by atoms with E-state index in [9.17, 15) is 5.11 Å². The van der Waals surface area contributed by atoms with Gasteiger partial charge in [0.2, 0.25) is 0 Å². The molecule has 0 bridgehead atoms. The zero-order valence-corrected chi connectivity index (χ0v) is 9.49. The van der Waals surface area contributed by atoms with Gasteiger partial charge in [-0.25, -0.2) is 0 Å². The molecule has 2 aromatic rings. The predicted molar refractivity (Wildman–Crippen MR) is 65.8 cm³/mol. The monoisotopic (exact) mass is 229 g/mol. The van der Waals surface area contributed by atoms with Gasteiger partial charge in [0.1, 0.15) is 5.75 Å². The fourth-order valence-electron chi connectivity index (χ4n) is 1.56. The number of pyridine rings is 1. The minimum atomic E-state index is -0.498. The summed E-state index contributed by atoms with van der Waals surface area (Å²) in [5.74, 6) is 0.828. The van der Waals surface area contributed by atoms with Crippen LogP contribution >= 0.6 is 0 Å². The van der Waals surface area contributed by atoms with E-state index in [4.69, 9.17) is 4.74 Å². The van der Waals surface area contributed by atoms with Crippen LogP contribution in [0.25, 0.3) is 0 Å². The van der Waals surface area contributed by atoms with Gasteiger partial charge in [-0.05, 0) is 29.8 Å². The summed E-state index contributed by atoms with van der Waals surface area (Å²) in [4.78, 5) is 3.91. The van der Waals surface area contributed by atoms with Crippen molar-refractivity contribution in [2.45, 2.75) is 12.5 Å². The van der Waals surface area contributed by atoms with Gasteiger partial charge in [-0.2, -0.15) is 0 Å². The summed E-state index contributed by atoms with van der Waals surface area (Å²) >= 11 is 0. The van der Waals surface area contributed by atoms with Gasteiger partial charge < -0.3 is 9.84 Å². The second-order valence-corrected chi connectivity index (χ2v) is 3.75. The lowest BCUT2D eigenvalue weighted by atomic mass is 10.1. The molecule has 0 aliphatic rings. The Morgan fingerprint density at radius 1 is 1.06 bits per heavy atom. The Hall–Kier alpha value is -1.87. The van der Waals surface area contributed by atoms with Crippen LogP contribution in [0.1, 0.15) is 18.1 Å². The summed E-state index contributed by atoms with van der Waals surface area (Å²) in [7, 11) is 0. The van der Waals surface area contributed by atoms with Crippen molar-refractivity contribution in [1.82, 2.24) is 4.98 Å². The molecule has 88 valence electrons. The third-order valence-electron chi connectivity index (χ3n) is 2.49. The molecule has 1 aromatic carbocycles. The van der Waals surface area contributed by atoms with Crippen molar-refractivity contribution in [3.05, 3.63) is 60.4 Å². The molecule has 0 amide bonds. The maximum Gasteiger partial charge on any atom is 0.119 e. The summed E-state index contributed by atoms with van der Waals surface area (Å²) in [6, 6.07) is 13.2. The van der Waals surface area contributed by atoms with E-state index >= 15 is 0 Å². The molecule has 0 aliphatic heterocycles. The first-order valence-corrected chi connectivity index (χ1v) is 5.62. The number of ether oxygens (including phenoxy) is 1. The average Bonchev–Trinajstić information content (AvgIpc) is 2.41. The van der Waals surface area contributed by atoms with Crippen LogP contribution in [0.4, 0.5) is 0 Å². The van der Waals surface area contributed by atoms with Gasteiger partial charge in [0, 0.05) is 18.8 Å². The van der Waals surface area contributed by atoms with Crippen molar-refractivity contribution in [3.8, 4) is 5.75 Å². The van der Waals surface area contributed by atoms with E-state index in [-0.39, 0.29) is 0 Å². The molecular formula is C14H15NO2. The average molecular weight is 229 g/mol. The Labute approximate surface area is 101 Å². The van der Waals surface area contributed by atoms with Crippen molar-refractivity contribution in [1.29, 1.82) is 0 Å². The van der Waals surface area contributed by atoms with Gasteiger partial charge in [0.25, 0.3) is 0 Å². The van der Waals surface area contributed by atoms with E-state index in [0.717, 1.165) is 11.3 Å². The SMILES string of the molecule is OC(CCOc1ccccc1)c1ccncc1. The molecule has 1 aromatic heterocycles. The van der Waals surface area contributed by atoms with E-state index < -0.39 is 6.10 Å². The molecule has 0 spiro atoms. The number of aromatic nitrogens is 1. The molecule has 0 fully saturated rings. The minimum absolute atomic E-state index is 0.494. The van der Waals surface area contributed by atoms with Crippen LogP contribution in [0.3, 0.4) is 0 Å². The van der Waals surface area contributed by atoms with Crippen molar-refractivity contribution in [2.75, 3.05) is 6.61 Å². The highest BCUT2D eigenvalue weighted by Crippen LogP contribution is 2.16. The second kappa shape index (κ2) is 6.01. The summed E-state index contributed by atoms with van der Waals surface area (Å²) in [5.41, 5.74) is 0.872. The number of hydrogen-bond donors (Lipinski definition) is 1. The van der Waals surface area contributed by atoms with Crippen LogP contribution in [0.2, 0.25) is 0 Å². The third kappa shape index (κ3) is 3.57. The zero-order chi connectivity index (χ0) is 11.9. The summed E-state index contributed by atoms with van der Waals surface area (Å²) in [5, 5.41) is 9.89. The van der Waals surface area contributed by atoms with Gasteiger partial charge in [-0.15, -0.1) is 0 Å². The quantitative estimate of drug-likeness (QED) is 0.856. The molecule has 1 unspecified atom stereocenters. The van der Waals surface area contributed by atoms with Crippen molar-refractivity contribution in [2.24, 2.45) is 0 Å². The summed E-state index contributed by atoms with van der Waals surface area (Å²) < 4.78 is 5.52. The molecule has 17 heavy (non-hydrogen) atoms. The maximum absolute atomic E-state index is 9.89. The largest absolute Gasteiger partial charge is 0.493 e. The van der Waals surface area contributed by atoms with Gasteiger partial charge in [-0.1, -0.05) is 18.2 Å². The highest BCUT2D eigenvalue weighted by molar-refractivity contribution is 5.21. The lowest BCUT2D eigenvalue weighted by Gasteiger charge is -2.11. The molecule has 0 saturated carbocycles. The van der Waals surface area contributed by atoms with E-state index in [1.807, 2.05) is 42.5 Å². The van der Waals surface area contributed by atoms with E-state index in [1.54, 1.807) is 12.4 Å². The molecule has 1 heterocycles. The number of hydrogen-bond acceptors (Lipinski definition) is 3. The molecule has 0 aliphatic carbocycles. The first-order valence-electron chi connectivity index (χ1n) is 5.62. The van der Waals surface area contributed by atoms with Crippen LogP contribution in [-0.2, 0) is 0 Å². The van der Waals surface area contributed by atoms with E-state index in [1.165, 1.54) is 0 Å². The zero-order valence-electron chi connectivity index (χ0n) is 9.49. The van der Waals surface area contributed by atoms with Crippen molar-refractivity contribution < 1.29 is 9.84 Å². The van der Waals surface area contributed by atoms with Crippen molar-refractivity contribution in [3.63, 3.8) is 0 Å². The Kier molecular flexibility index (Phi) is 4.11. The normalized spacial score (nSPS) is 12.1. The molecule has 0 radical (unpaired) electrons. The highest BCUT2D eigenvalue weighted by atomic mass is 16.5. The van der Waals surface area contributed by atoms with Crippen LogP contribution in [0, 0.1) is 0 Å². The van der Waals surface area contributed by atoms with Gasteiger partial charge >= 0.3 is 0 Å². The van der Waals surface area contributed by atoms with Crippen LogP contribution in [-0.4, -0.2) is 16.7 Å². The molecule has 1 N–H and O–H groups in total. The standard InChI is InChI=1S/C14H15NO2/c16-14(12-6-9-15-10-7-12)8-11-17-13-4-2-1-3-5-13/h1-7,9-10,14,16H,8,11H2. The first-order chi connectivity index (χ1) is 8.36. The van der Waals surface area contributed by atoms with Gasteiger partial charge in [-0.3, -0.25) is 4.98 Å². The molecular weight excluding hydrogens is 214 g/mol. The lowest BCUT2D eigenvalue weighted by molar-refractivity contribution is 0.140. The number of benzene rings is 1. The van der Waals surface area contributed by atoms with E-state index in [2.05, 4.69) is 4.98 Å². The molecule has 3 nitrogen and oxygen atoms in total. The van der Waals surface area contributed by atoms with Crippen LogP contribution in [0.15, 0.2) is 54.9 Å². The summed E-state index contributed by atoms with van der Waals surface area (Å²) in [6.07, 6.45) is 3.42. The number of para-hydroxylation sites is 1. The Morgan fingerprint density at radius 3 is 2.47 bits per heavy atom. The third-order valence-corrected chi connectivity index (χ3v) is 2.49. The van der Waals surface area contributed by atoms with Crippen LogP contribution < -0.4 is 4.74 Å². The fraction of sp³-hybridized carbons (Fsp3) is 0.214. The molecule has 2 rings (SSSR count). The van der Waals surface area contributed by atoms with Crippen LogP contribution in [0.5, 0.6) is 5.75 Å². The van der Waals surface area contributed by atoms with Gasteiger partial charge in [0.05, 0.1) is 12.7 Å². The highest BCUT2D eigenvalue weighted by Gasteiger charge is 2.06. The Bertz CT molecular complexity index is 430. The topological polar surface area (TPSA) is 42.4 Å². The maximum atomic E-state index is 9.89. The molecule has 1 atom stereocenters. The number of nitrogens with zero attached hydrogens (tertiary/aromatic N) is 1. The molecule has 3 heteroatoms. The van der Waals surface area contributed by atoms with Gasteiger partial charge in [0.15, 0.2) is 0 Å². The minimum Gasteiger partial charge on any atom is -0.493 e.